The Morgan fingerprint density at radius 3 is 2.33 bits per heavy atom. The van der Waals surface area contributed by atoms with Crippen LogP contribution >= 0.6 is 0 Å². The molecule has 0 spiro atoms. The van der Waals surface area contributed by atoms with Crippen molar-refractivity contribution in [3.8, 4) is 0 Å². The molecular weight excluding hydrogens is 110 g/mol. The van der Waals surface area contributed by atoms with Crippen molar-refractivity contribution in [3.05, 3.63) is 12.2 Å². The first-order chi connectivity index (χ1) is 4.29. The monoisotopic (exact) mass is 125 g/mol. The zero-order valence-electron chi connectivity index (χ0n) is 6.22. The molecule has 1 aliphatic carbocycles. The molecule has 1 rings (SSSR count). The van der Waals surface area contributed by atoms with Gasteiger partial charge in [0.1, 0.15) is 0 Å². The summed E-state index contributed by atoms with van der Waals surface area (Å²) in [5, 5.41) is 3.48. The van der Waals surface area contributed by atoms with E-state index in [0.717, 1.165) is 6.04 Å². The topological polar surface area (TPSA) is 12.0 Å². The van der Waals surface area contributed by atoms with Gasteiger partial charge in [-0.1, -0.05) is 26.0 Å². The quantitative estimate of drug-likeness (QED) is 0.554. The molecule has 1 N–H and O–H groups in total. The van der Waals surface area contributed by atoms with Gasteiger partial charge in [0.15, 0.2) is 0 Å². The van der Waals surface area contributed by atoms with E-state index in [4.69, 9.17) is 0 Å². The molecule has 0 amide bonds. The summed E-state index contributed by atoms with van der Waals surface area (Å²) in [6, 6.07) is 1.36. The van der Waals surface area contributed by atoms with Gasteiger partial charge in [-0.25, -0.2) is 0 Å². The van der Waals surface area contributed by atoms with E-state index in [1.54, 1.807) is 0 Å². The predicted molar refractivity (Wildman–Crippen MR) is 40.4 cm³/mol. The standard InChI is InChI=1S/C8H15N/c1-7(2)9-8-5-3-4-6-8/h3-4,7-9H,5-6H2,1-2H3. The minimum Gasteiger partial charge on any atom is -0.311 e. The lowest BCUT2D eigenvalue weighted by atomic mass is 10.2. The van der Waals surface area contributed by atoms with Gasteiger partial charge < -0.3 is 5.32 Å². The van der Waals surface area contributed by atoms with Crippen molar-refractivity contribution in [1.82, 2.24) is 5.32 Å². The van der Waals surface area contributed by atoms with Crippen LogP contribution in [0, 0.1) is 0 Å². The lowest BCUT2D eigenvalue weighted by Crippen LogP contribution is -2.32. The number of nitrogens with one attached hydrogen (secondary N) is 1. The Morgan fingerprint density at radius 1 is 1.33 bits per heavy atom. The first-order valence-corrected chi connectivity index (χ1v) is 3.70. The van der Waals surface area contributed by atoms with Gasteiger partial charge in [-0.2, -0.15) is 0 Å². The van der Waals surface area contributed by atoms with Gasteiger partial charge in [0.05, 0.1) is 0 Å². The van der Waals surface area contributed by atoms with Crippen LogP contribution in [0.5, 0.6) is 0 Å². The molecule has 0 fully saturated rings. The fourth-order valence-electron chi connectivity index (χ4n) is 1.22. The zero-order valence-corrected chi connectivity index (χ0v) is 6.22. The minimum atomic E-state index is 0.634. The summed E-state index contributed by atoms with van der Waals surface area (Å²) in [4.78, 5) is 0. The minimum absolute atomic E-state index is 0.634. The van der Waals surface area contributed by atoms with E-state index in [0.29, 0.717) is 6.04 Å². The average Bonchev–Trinajstić information content (AvgIpc) is 2.15. The van der Waals surface area contributed by atoms with Crippen LogP contribution in [0.1, 0.15) is 26.7 Å². The highest BCUT2D eigenvalue weighted by atomic mass is 14.9. The highest BCUT2D eigenvalue weighted by molar-refractivity contribution is 4.97. The van der Waals surface area contributed by atoms with Crippen LogP contribution in [0.3, 0.4) is 0 Å². The van der Waals surface area contributed by atoms with Crippen LogP contribution in [0.2, 0.25) is 0 Å². The summed E-state index contributed by atoms with van der Waals surface area (Å²) in [6.07, 6.45) is 6.94. The van der Waals surface area contributed by atoms with Crippen LogP contribution in [0.15, 0.2) is 12.2 Å². The molecule has 1 aliphatic rings. The van der Waals surface area contributed by atoms with Crippen LogP contribution in [-0.4, -0.2) is 12.1 Å². The largest absolute Gasteiger partial charge is 0.311 e. The highest BCUT2D eigenvalue weighted by Crippen LogP contribution is 2.09. The molecule has 1 heteroatoms. The SMILES string of the molecule is CC(C)NC1CC=CC1. The first-order valence-electron chi connectivity index (χ1n) is 3.70. The van der Waals surface area contributed by atoms with Gasteiger partial charge in [-0.05, 0) is 12.8 Å². The van der Waals surface area contributed by atoms with E-state index in [2.05, 4.69) is 31.3 Å². The molecule has 9 heavy (non-hydrogen) atoms. The molecule has 0 aliphatic heterocycles. The van der Waals surface area contributed by atoms with Gasteiger partial charge in [0.25, 0.3) is 0 Å². The summed E-state index contributed by atoms with van der Waals surface area (Å²) in [6.45, 7) is 4.39. The second-order valence-corrected chi connectivity index (χ2v) is 2.96. The van der Waals surface area contributed by atoms with E-state index in [-0.39, 0.29) is 0 Å². The van der Waals surface area contributed by atoms with Gasteiger partial charge in [-0.15, -0.1) is 0 Å². The van der Waals surface area contributed by atoms with E-state index < -0.39 is 0 Å². The van der Waals surface area contributed by atoms with Gasteiger partial charge in [0, 0.05) is 12.1 Å². The maximum Gasteiger partial charge on any atom is 0.0138 e. The molecule has 0 saturated carbocycles. The summed E-state index contributed by atoms with van der Waals surface area (Å²) in [5.74, 6) is 0. The second kappa shape index (κ2) is 3.02. The molecular formula is C8H15N. The molecule has 0 aromatic rings. The molecule has 1 nitrogen and oxygen atoms in total. The Balaban J connectivity index is 2.14. The molecule has 0 radical (unpaired) electrons. The van der Waals surface area contributed by atoms with Crippen molar-refractivity contribution in [2.75, 3.05) is 0 Å². The molecule has 0 aromatic heterocycles. The Kier molecular flexibility index (Phi) is 2.29. The van der Waals surface area contributed by atoms with E-state index >= 15 is 0 Å². The molecule has 0 bridgehead atoms. The van der Waals surface area contributed by atoms with E-state index in [1.165, 1.54) is 12.8 Å². The van der Waals surface area contributed by atoms with E-state index in [9.17, 15) is 0 Å². The van der Waals surface area contributed by atoms with E-state index in [1.807, 2.05) is 0 Å². The van der Waals surface area contributed by atoms with Crippen molar-refractivity contribution in [2.24, 2.45) is 0 Å². The molecule has 0 saturated heterocycles. The summed E-state index contributed by atoms with van der Waals surface area (Å²) < 4.78 is 0. The summed E-state index contributed by atoms with van der Waals surface area (Å²) in [5.41, 5.74) is 0. The van der Waals surface area contributed by atoms with Gasteiger partial charge >= 0.3 is 0 Å². The van der Waals surface area contributed by atoms with Crippen molar-refractivity contribution in [2.45, 2.75) is 38.8 Å². The highest BCUT2D eigenvalue weighted by Gasteiger charge is 2.09. The average molecular weight is 125 g/mol. The van der Waals surface area contributed by atoms with Gasteiger partial charge in [0.2, 0.25) is 0 Å². The number of hydrogen-bond donors (Lipinski definition) is 1. The third-order valence-corrected chi connectivity index (χ3v) is 1.58. The molecule has 0 aromatic carbocycles. The molecule has 52 valence electrons. The Morgan fingerprint density at radius 2 is 1.89 bits per heavy atom. The lowest BCUT2D eigenvalue weighted by Gasteiger charge is -2.14. The van der Waals surface area contributed by atoms with Crippen LogP contribution < -0.4 is 5.32 Å². The van der Waals surface area contributed by atoms with Crippen molar-refractivity contribution < 1.29 is 0 Å². The zero-order chi connectivity index (χ0) is 6.69. The Bertz CT molecular complexity index is 97.1. The molecule has 0 unspecified atom stereocenters. The second-order valence-electron chi connectivity index (χ2n) is 2.96. The third kappa shape index (κ3) is 2.19. The molecule has 0 heterocycles. The number of rotatable bonds is 2. The van der Waals surface area contributed by atoms with Gasteiger partial charge in [-0.3, -0.25) is 0 Å². The van der Waals surface area contributed by atoms with Crippen LogP contribution in [0.25, 0.3) is 0 Å². The smallest absolute Gasteiger partial charge is 0.0138 e. The fraction of sp³-hybridized carbons (Fsp3) is 0.750. The van der Waals surface area contributed by atoms with Crippen molar-refractivity contribution in [3.63, 3.8) is 0 Å². The first kappa shape index (κ1) is 6.81. The number of hydrogen-bond acceptors (Lipinski definition) is 1. The Hall–Kier alpha value is -0.300. The lowest BCUT2D eigenvalue weighted by molar-refractivity contribution is 0.482. The van der Waals surface area contributed by atoms with Crippen molar-refractivity contribution in [1.29, 1.82) is 0 Å². The molecule has 0 atom stereocenters. The predicted octanol–water partition coefficient (Wildman–Crippen LogP) is 1.70. The summed E-state index contributed by atoms with van der Waals surface area (Å²) >= 11 is 0. The van der Waals surface area contributed by atoms with Crippen molar-refractivity contribution >= 4 is 0 Å². The fourth-order valence-corrected chi connectivity index (χ4v) is 1.22. The Labute approximate surface area is 57.1 Å². The summed E-state index contributed by atoms with van der Waals surface area (Å²) in [7, 11) is 0. The third-order valence-electron chi connectivity index (χ3n) is 1.58. The maximum atomic E-state index is 3.48. The van der Waals surface area contributed by atoms with Crippen LogP contribution in [0.4, 0.5) is 0 Å². The van der Waals surface area contributed by atoms with Crippen LogP contribution in [-0.2, 0) is 0 Å². The normalized spacial score (nSPS) is 19.9. The maximum absolute atomic E-state index is 3.48.